The number of aromatic nitrogens is 2. The average molecular weight is 403 g/mol. The van der Waals surface area contributed by atoms with E-state index < -0.39 is 17.9 Å². The van der Waals surface area contributed by atoms with Crippen LogP contribution in [0.1, 0.15) is 42.1 Å². The van der Waals surface area contributed by atoms with Gasteiger partial charge in [-0.15, -0.1) is 19.1 Å². The number of alkyl halides is 3. The molecule has 29 heavy (non-hydrogen) atoms. The summed E-state index contributed by atoms with van der Waals surface area (Å²) in [4.78, 5) is 12.2. The highest BCUT2D eigenvalue weighted by Gasteiger charge is 2.42. The molecule has 1 aromatic carbocycles. The number of fused-ring (bicyclic) bond motifs is 1. The van der Waals surface area contributed by atoms with Crippen LogP contribution < -0.4 is 5.73 Å². The maximum absolute atomic E-state index is 12.8. The summed E-state index contributed by atoms with van der Waals surface area (Å²) >= 11 is 0. The average Bonchev–Trinajstić information content (AvgIpc) is 3.01. The first kappa shape index (κ1) is 20.7. The van der Waals surface area contributed by atoms with Gasteiger partial charge in [-0.2, -0.15) is 5.10 Å². The number of amides is 1. The van der Waals surface area contributed by atoms with E-state index in [2.05, 4.69) is 21.7 Å². The summed E-state index contributed by atoms with van der Waals surface area (Å²) in [5.41, 5.74) is 6.28. The molecule has 2 atom stereocenters. The van der Waals surface area contributed by atoms with Crippen LogP contribution in [0.5, 0.6) is 0 Å². The maximum atomic E-state index is 12.8. The highest BCUT2D eigenvalue weighted by molar-refractivity contribution is 6.06. The Balaban J connectivity index is 1.99. The number of rotatable bonds is 4. The maximum Gasteiger partial charge on any atom is 0.524 e. The minimum absolute atomic E-state index is 0.0661. The number of nitrogens with zero attached hydrogens (tertiary/aromatic N) is 2. The molecule has 1 heterocycles. The van der Waals surface area contributed by atoms with Crippen LogP contribution in [-0.2, 0) is 11.8 Å². The van der Waals surface area contributed by atoms with Gasteiger partial charge in [-0.3, -0.25) is 14.2 Å². The lowest BCUT2D eigenvalue weighted by atomic mass is 9.82. The highest BCUT2D eigenvalue weighted by Crippen LogP contribution is 2.37. The molecule has 2 unspecified atom stereocenters. The topological polar surface area (TPSA) is 70.1 Å². The van der Waals surface area contributed by atoms with Crippen LogP contribution in [0.25, 0.3) is 10.9 Å². The molecular formula is C21H20F3N3O2. The third-order valence-electron chi connectivity index (χ3n) is 4.97. The van der Waals surface area contributed by atoms with Crippen molar-refractivity contribution in [3.8, 4) is 11.8 Å². The Kier molecular flexibility index (Phi) is 5.28. The van der Waals surface area contributed by atoms with Crippen LogP contribution in [0.4, 0.5) is 13.2 Å². The predicted octanol–water partition coefficient (Wildman–Crippen LogP) is 3.96. The highest BCUT2D eigenvalue weighted by atomic mass is 19.4. The molecule has 1 aliphatic carbocycles. The number of nitrogens with two attached hydrogens (primary N) is 1. The van der Waals surface area contributed by atoms with E-state index in [4.69, 9.17) is 5.73 Å². The van der Waals surface area contributed by atoms with E-state index >= 15 is 0 Å². The summed E-state index contributed by atoms with van der Waals surface area (Å²) in [6, 6.07) is 3.64. The molecule has 8 heteroatoms. The molecule has 0 radical (unpaired) electrons. The van der Waals surface area contributed by atoms with Crippen molar-refractivity contribution in [3.05, 3.63) is 53.3 Å². The van der Waals surface area contributed by atoms with E-state index in [1.165, 1.54) is 13.0 Å². The van der Waals surface area contributed by atoms with Crippen molar-refractivity contribution < 1.29 is 22.7 Å². The first-order chi connectivity index (χ1) is 13.6. The quantitative estimate of drug-likeness (QED) is 0.786. The minimum Gasteiger partial charge on any atom is -0.366 e. The number of hydrogen-bond acceptors (Lipinski definition) is 3. The molecule has 152 valence electrons. The van der Waals surface area contributed by atoms with Gasteiger partial charge in [0.15, 0.2) is 5.60 Å². The Labute approximate surface area is 166 Å². The van der Waals surface area contributed by atoms with Crippen molar-refractivity contribution in [2.75, 3.05) is 0 Å². The van der Waals surface area contributed by atoms with Crippen LogP contribution in [0.3, 0.4) is 0 Å². The number of allylic oxidation sites excluding steroid dienone is 2. The second-order valence-electron chi connectivity index (χ2n) is 6.88. The number of benzene rings is 1. The van der Waals surface area contributed by atoms with E-state index in [9.17, 15) is 18.0 Å². The number of hydrogen-bond donors (Lipinski definition) is 1. The molecule has 0 spiro atoms. The van der Waals surface area contributed by atoms with Gasteiger partial charge in [0.25, 0.3) is 5.91 Å². The summed E-state index contributed by atoms with van der Waals surface area (Å²) in [6.07, 6.45) is 1.29. The molecule has 5 nitrogen and oxygen atoms in total. The standard InChI is InChI=1S/C21H20F3N3O2/c1-4-9-20(29-21(22,23)24)10-7-14(8-11-20)13(2)16-6-5-15-12-26-27(3)18(15)17(16)19(25)28/h5-8,10,12-13H,11H2,1-3H3,(H2,25,28). The molecule has 2 N–H and O–H groups in total. The summed E-state index contributed by atoms with van der Waals surface area (Å²) < 4.78 is 44.3. The van der Waals surface area contributed by atoms with E-state index in [1.807, 2.05) is 13.0 Å². The van der Waals surface area contributed by atoms with Crippen LogP contribution in [-0.4, -0.2) is 27.7 Å². The van der Waals surface area contributed by atoms with Gasteiger partial charge in [0.05, 0.1) is 17.3 Å². The fraction of sp³-hybridized carbons (Fsp3) is 0.333. The largest absolute Gasteiger partial charge is 0.524 e. The molecular weight excluding hydrogens is 383 g/mol. The van der Waals surface area contributed by atoms with Crippen molar-refractivity contribution in [1.29, 1.82) is 0 Å². The second kappa shape index (κ2) is 7.41. The number of primary amides is 1. The lowest BCUT2D eigenvalue weighted by molar-refractivity contribution is -0.348. The zero-order chi connectivity index (χ0) is 21.4. The van der Waals surface area contributed by atoms with Crippen molar-refractivity contribution in [1.82, 2.24) is 9.78 Å². The number of ether oxygens (including phenoxy) is 1. The minimum atomic E-state index is -4.81. The Morgan fingerprint density at radius 1 is 1.41 bits per heavy atom. The molecule has 0 aliphatic heterocycles. The van der Waals surface area contributed by atoms with Crippen molar-refractivity contribution in [3.63, 3.8) is 0 Å². The van der Waals surface area contributed by atoms with E-state index in [0.29, 0.717) is 16.6 Å². The van der Waals surface area contributed by atoms with Crippen LogP contribution >= 0.6 is 0 Å². The third kappa shape index (κ3) is 4.05. The number of halogens is 3. The van der Waals surface area contributed by atoms with Gasteiger partial charge in [0.1, 0.15) is 0 Å². The first-order valence-electron chi connectivity index (χ1n) is 8.91. The van der Waals surface area contributed by atoms with Crippen LogP contribution in [0, 0.1) is 11.8 Å². The fourth-order valence-electron chi connectivity index (χ4n) is 3.65. The number of carbonyl (C=O) groups excluding carboxylic acids is 1. The van der Waals surface area contributed by atoms with E-state index in [-0.39, 0.29) is 12.3 Å². The molecule has 1 aliphatic rings. The molecule has 3 rings (SSSR count). The molecule has 1 aromatic heterocycles. The zero-order valence-corrected chi connectivity index (χ0v) is 16.2. The van der Waals surface area contributed by atoms with Gasteiger partial charge in [0.2, 0.25) is 0 Å². The van der Waals surface area contributed by atoms with Crippen molar-refractivity contribution >= 4 is 16.8 Å². The van der Waals surface area contributed by atoms with Crippen molar-refractivity contribution in [2.24, 2.45) is 12.8 Å². The monoisotopic (exact) mass is 403 g/mol. The fourth-order valence-corrected chi connectivity index (χ4v) is 3.65. The smallest absolute Gasteiger partial charge is 0.366 e. The Bertz CT molecular complexity index is 1090. The number of carbonyl (C=O) groups is 1. The lowest BCUT2D eigenvalue weighted by Gasteiger charge is -2.29. The normalized spacial score (nSPS) is 20.1. The summed E-state index contributed by atoms with van der Waals surface area (Å²) in [6.45, 7) is 3.32. The molecule has 0 bridgehead atoms. The summed E-state index contributed by atoms with van der Waals surface area (Å²) in [5.74, 6) is 4.12. The number of aryl methyl sites for hydroxylation is 1. The molecule has 1 amide bonds. The summed E-state index contributed by atoms with van der Waals surface area (Å²) in [7, 11) is 1.72. The van der Waals surface area contributed by atoms with Gasteiger partial charge in [-0.25, -0.2) is 0 Å². The Morgan fingerprint density at radius 3 is 2.69 bits per heavy atom. The summed E-state index contributed by atoms with van der Waals surface area (Å²) in [5, 5.41) is 4.95. The van der Waals surface area contributed by atoms with E-state index in [0.717, 1.165) is 11.0 Å². The lowest BCUT2D eigenvalue weighted by Crippen LogP contribution is -2.36. The third-order valence-corrected chi connectivity index (χ3v) is 4.97. The molecule has 0 saturated carbocycles. The van der Waals surface area contributed by atoms with Gasteiger partial charge in [-0.1, -0.05) is 37.1 Å². The molecule has 0 fully saturated rings. The Hall–Kier alpha value is -3.05. The van der Waals surface area contributed by atoms with Crippen LogP contribution in [0.15, 0.2) is 42.1 Å². The van der Waals surface area contributed by atoms with Gasteiger partial charge in [0, 0.05) is 24.8 Å². The van der Waals surface area contributed by atoms with Gasteiger partial charge >= 0.3 is 6.36 Å². The predicted molar refractivity (Wildman–Crippen MR) is 103 cm³/mol. The first-order valence-corrected chi connectivity index (χ1v) is 8.91. The van der Waals surface area contributed by atoms with Crippen LogP contribution in [0.2, 0.25) is 0 Å². The second-order valence-corrected chi connectivity index (χ2v) is 6.88. The van der Waals surface area contributed by atoms with Gasteiger partial charge in [-0.05, 0) is 24.1 Å². The zero-order valence-electron chi connectivity index (χ0n) is 16.2. The Morgan fingerprint density at radius 2 is 2.14 bits per heavy atom. The molecule has 0 saturated heterocycles. The van der Waals surface area contributed by atoms with Gasteiger partial charge < -0.3 is 5.73 Å². The SMILES string of the molecule is CC#CC1(OC(F)(F)F)C=CC(C(C)c2ccc3cnn(C)c3c2C(N)=O)=CC1. The van der Waals surface area contributed by atoms with E-state index in [1.54, 1.807) is 36.1 Å². The van der Waals surface area contributed by atoms with Crippen molar-refractivity contribution in [2.45, 2.75) is 38.1 Å². The molecule has 2 aromatic rings.